The van der Waals surface area contributed by atoms with Gasteiger partial charge in [-0.2, -0.15) is 0 Å². The van der Waals surface area contributed by atoms with Gasteiger partial charge in [0.2, 0.25) is 11.8 Å². The standard InChI is InChI=1S/C26H36FN3O6.C4H6O6/c27-16-5-6-24(36-18-3-1-2-4-18)21(11-16)29-9-7-28(8-10-29)14-17(31)15-30-25(34)19-12-22(32)23(33)13-20(19)26(30)35;5-1(3(7)8)2(6)4(9)10/h5-6,11,17-20,22-23,31-33H,1-4,7-10,12-15H2;1-2,5-6H,(H,7,8)(H,9,10). The molecular formula is C30H42FN3O12. The summed E-state index contributed by atoms with van der Waals surface area (Å²) in [5.74, 6) is -5.13. The van der Waals surface area contributed by atoms with Gasteiger partial charge in [0.25, 0.3) is 0 Å². The minimum absolute atomic E-state index is 0.0670. The summed E-state index contributed by atoms with van der Waals surface area (Å²) in [4.78, 5) is 50.3. The Kier molecular flexibility index (Phi) is 11.9. The summed E-state index contributed by atoms with van der Waals surface area (Å²) in [5, 5.41) is 63.0. The van der Waals surface area contributed by atoms with Gasteiger partial charge in [0.05, 0.1) is 48.5 Å². The van der Waals surface area contributed by atoms with Gasteiger partial charge in [0, 0.05) is 38.8 Å². The lowest BCUT2D eigenvalue weighted by Gasteiger charge is -2.38. The molecule has 2 saturated heterocycles. The average molecular weight is 656 g/mol. The van der Waals surface area contributed by atoms with Gasteiger partial charge in [0.15, 0.2) is 12.2 Å². The van der Waals surface area contributed by atoms with E-state index in [0.717, 1.165) is 36.3 Å². The maximum atomic E-state index is 14.1. The Bertz CT molecular complexity index is 1210. The summed E-state index contributed by atoms with van der Waals surface area (Å²) in [6, 6.07) is 4.66. The number of aliphatic hydroxyl groups is 5. The Hall–Kier alpha value is -3.41. The number of carboxylic acid groups (broad SMARTS) is 2. The number of likely N-dealkylation sites (tertiary alicyclic amines) is 1. The van der Waals surface area contributed by atoms with E-state index < -0.39 is 54.3 Å². The number of hydrogen-bond donors (Lipinski definition) is 7. The van der Waals surface area contributed by atoms with Crippen LogP contribution in [0.4, 0.5) is 10.1 Å². The zero-order valence-electron chi connectivity index (χ0n) is 25.2. The Morgan fingerprint density at radius 2 is 1.37 bits per heavy atom. The molecule has 0 radical (unpaired) electrons. The Morgan fingerprint density at radius 3 is 1.87 bits per heavy atom. The second-order valence-corrected chi connectivity index (χ2v) is 12.3. The molecule has 2 aliphatic carbocycles. The number of nitrogens with zero attached hydrogens (tertiary/aromatic N) is 3. The van der Waals surface area contributed by atoms with E-state index >= 15 is 0 Å². The summed E-state index contributed by atoms with van der Waals surface area (Å²) in [6.07, 6.45) is -2.79. The molecule has 2 aliphatic heterocycles. The number of imide groups is 1. The molecule has 2 saturated carbocycles. The second-order valence-electron chi connectivity index (χ2n) is 12.3. The van der Waals surface area contributed by atoms with E-state index in [1.54, 1.807) is 6.07 Å². The molecule has 16 heteroatoms. The molecule has 7 N–H and O–H groups in total. The number of hydrogen-bond acceptors (Lipinski definition) is 12. The van der Waals surface area contributed by atoms with Gasteiger partial charge in [-0.05, 0) is 50.7 Å². The topological polar surface area (TPSA) is 229 Å². The number of anilines is 1. The van der Waals surface area contributed by atoms with E-state index in [0.29, 0.717) is 38.5 Å². The molecule has 0 bridgehead atoms. The normalized spacial score (nSPS) is 27.4. The molecule has 2 amide bonds. The van der Waals surface area contributed by atoms with Gasteiger partial charge < -0.3 is 45.4 Å². The predicted molar refractivity (Wildman–Crippen MR) is 156 cm³/mol. The third kappa shape index (κ3) is 8.49. The lowest BCUT2D eigenvalue weighted by atomic mass is 9.78. The number of piperazine rings is 1. The van der Waals surface area contributed by atoms with Crippen LogP contribution in [0.5, 0.6) is 5.75 Å². The number of fused-ring (bicyclic) bond motifs is 1. The highest BCUT2D eigenvalue weighted by Crippen LogP contribution is 2.38. The Labute approximate surface area is 264 Å². The first-order valence-corrected chi connectivity index (χ1v) is 15.4. The SMILES string of the molecule is O=C(O)C(O)C(O)C(=O)O.O=C1C2CC(O)C(O)CC2C(=O)N1CC(O)CN1CCN(c2cc(F)ccc2OC2CCCC2)CC1. The second kappa shape index (κ2) is 15.5. The molecule has 5 rings (SSSR count). The van der Waals surface area contributed by atoms with Gasteiger partial charge in [-0.3, -0.25) is 19.4 Å². The maximum absolute atomic E-state index is 14.1. The molecule has 4 fully saturated rings. The van der Waals surface area contributed by atoms with E-state index in [1.165, 1.54) is 12.1 Å². The van der Waals surface area contributed by atoms with Crippen molar-refractivity contribution >= 4 is 29.4 Å². The van der Waals surface area contributed by atoms with Crippen LogP contribution in [0.25, 0.3) is 0 Å². The molecule has 1 aromatic rings. The fraction of sp³-hybridized carbons (Fsp3) is 0.667. The zero-order valence-corrected chi connectivity index (χ0v) is 25.2. The van der Waals surface area contributed by atoms with Crippen LogP contribution in [-0.2, 0) is 19.2 Å². The number of aliphatic hydroxyl groups excluding tert-OH is 5. The van der Waals surface area contributed by atoms with E-state index in [4.69, 9.17) is 25.2 Å². The van der Waals surface area contributed by atoms with Crippen molar-refractivity contribution in [3.8, 4) is 5.75 Å². The van der Waals surface area contributed by atoms with Crippen LogP contribution in [-0.4, -0.2) is 145 Å². The van der Waals surface area contributed by atoms with Gasteiger partial charge in [0.1, 0.15) is 11.6 Å². The molecule has 4 aliphatic rings. The number of halogens is 1. The highest BCUT2D eigenvalue weighted by atomic mass is 19.1. The summed E-state index contributed by atoms with van der Waals surface area (Å²) in [7, 11) is 0. The summed E-state index contributed by atoms with van der Waals surface area (Å²) < 4.78 is 20.3. The smallest absolute Gasteiger partial charge is 0.335 e. The molecule has 2 heterocycles. The van der Waals surface area contributed by atoms with Crippen LogP contribution < -0.4 is 9.64 Å². The van der Waals surface area contributed by atoms with Crippen molar-refractivity contribution in [2.24, 2.45) is 11.8 Å². The van der Waals surface area contributed by atoms with Crippen LogP contribution in [0.1, 0.15) is 38.5 Å². The molecule has 46 heavy (non-hydrogen) atoms. The molecule has 0 spiro atoms. The average Bonchev–Trinajstić information content (AvgIpc) is 3.61. The largest absolute Gasteiger partial charge is 0.488 e. The van der Waals surface area contributed by atoms with Crippen molar-refractivity contribution in [3.05, 3.63) is 24.0 Å². The zero-order chi connectivity index (χ0) is 33.7. The molecule has 256 valence electrons. The van der Waals surface area contributed by atoms with Gasteiger partial charge in [-0.15, -0.1) is 0 Å². The van der Waals surface area contributed by atoms with Gasteiger partial charge >= 0.3 is 11.9 Å². The van der Waals surface area contributed by atoms with Crippen LogP contribution >= 0.6 is 0 Å². The van der Waals surface area contributed by atoms with Crippen molar-refractivity contribution in [3.63, 3.8) is 0 Å². The number of carbonyl (C=O) groups is 4. The Morgan fingerprint density at radius 1 is 0.848 bits per heavy atom. The van der Waals surface area contributed by atoms with Crippen molar-refractivity contribution in [1.82, 2.24) is 9.80 Å². The lowest BCUT2D eigenvalue weighted by Crippen LogP contribution is -2.50. The van der Waals surface area contributed by atoms with Crippen molar-refractivity contribution in [2.75, 3.05) is 44.2 Å². The molecule has 15 nitrogen and oxygen atoms in total. The predicted octanol–water partition coefficient (Wildman–Crippen LogP) is -1.38. The van der Waals surface area contributed by atoms with Crippen molar-refractivity contribution < 1.29 is 64.1 Å². The number of carboxylic acids is 2. The van der Waals surface area contributed by atoms with E-state index in [2.05, 4.69) is 9.80 Å². The van der Waals surface area contributed by atoms with Gasteiger partial charge in [-0.25, -0.2) is 14.0 Å². The summed E-state index contributed by atoms with van der Waals surface area (Å²) in [6.45, 7) is 2.77. The number of benzene rings is 1. The number of amides is 2. The van der Waals surface area contributed by atoms with Crippen molar-refractivity contribution in [2.45, 2.75) is 75.1 Å². The van der Waals surface area contributed by atoms with Crippen LogP contribution in [0.15, 0.2) is 18.2 Å². The summed E-state index contributed by atoms with van der Waals surface area (Å²) in [5.41, 5.74) is 0.752. The van der Waals surface area contributed by atoms with E-state index in [1.807, 2.05) is 0 Å². The third-order valence-electron chi connectivity index (χ3n) is 8.98. The summed E-state index contributed by atoms with van der Waals surface area (Å²) >= 11 is 0. The van der Waals surface area contributed by atoms with Crippen molar-refractivity contribution in [1.29, 1.82) is 0 Å². The monoisotopic (exact) mass is 655 g/mol. The number of rotatable bonds is 10. The highest BCUT2D eigenvalue weighted by molar-refractivity contribution is 6.05. The van der Waals surface area contributed by atoms with Gasteiger partial charge in [-0.1, -0.05) is 0 Å². The van der Waals surface area contributed by atoms with Crippen LogP contribution in [0.2, 0.25) is 0 Å². The molecular weight excluding hydrogens is 613 g/mol. The number of aliphatic carboxylic acids is 2. The lowest BCUT2D eigenvalue weighted by molar-refractivity contribution is -0.165. The number of ether oxygens (including phenoxy) is 1. The minimum Gasteiger partial charge on any atom is -0.488 e. The van der Waals surface area contributed by atoms with Crippen LogP contribution in [0.3, 0.4) is 0 Å². The van der Waals surface area contributed by atoms with Crippen LogP contribution in [0, 0.1) is 17.7 Å². The first-order chi connectivity index (χ1) is 21.8. The number of β-amino-alcohol motifs (C(OH)–C–C–N with tert-alkyl or cyclic N) is 1. The Balaban J connectivity index is 0.000000416. The number of carbonyl (C=O) groups excluding carboxylic acids is 2. The van der Waals surface area contributed by atoms with E-state index in [9.17, 15) is 38.9 Å². The first-order valence-electron chi connectivity index (χ1n) is 15.4. The quantitative estimate of drug-likeness (QED) is 0.144. The first kappa shape index (κ1) is 35.4. The molecule has 7 atom stereocenters. The molecule has 0 aromatic heterocycles. The van der Waals surface area contributed by atoms with E-state index in [-0.39, 0.29) is 43.1 Å². The molecule has 1 aromatic carbocycles. The third-order valence-corrected chi connectivity index (χ3v) is 8.98. The minimum atomic E-state index is -2.27. The fourth-order valence-electron chi connectivity index (χ4n) is 6.43. The fourth-order valence-corrected chi connectivity index (χ4v) is 6.43. The maximum Gasteiger partial charge on any atom is 0.335 e. The molecule has 7 unspecified atom stereocenters. The highest BCUT2D eigenvalue weighted by Gasteiger charge is 2.52.